The first-order chi connectivity index (χ1) is 15.0. The number of nitrogens with zero attached hydrogens (tertiary/aromatic N) is 1. The quantitative estimate of drug-likeness (QED) is 0.307. The van der Waals surface area contributed by atoms with E-state index in [1.807, 2.05) is 54.6 Å². The number of halogens is 2. The van der Waals surface area contributed by atoms with Crippen LogP contribution in [0.5, 0.6) is 11.5 Å². The van der Waals surface area contributed by atoms with Gasteiger partial charge in [-0.1, -0.05) is 63.9 Å². The first kappa shape index (κ1) is 21.2. The van der Waals surface area contributed by atoms with E-state index in [4.69, 9.17) is 25.8 Å². The van der Waals surface area contributed by atoms with E-state index >= 15 is 0 Å². The molecule has 0 radical (unpaired) electrons. The molecule has 7 heteroatoms. The van der Waals surface area contributed by atoms with Crippen molar-refractivity contribution in [3.63, 3.8) is 0 Å². The molecule has 1 heterocycles. The molecular weight excluding hydrogens is 482 g/mol. The summed E-state index contributed by atoms with van der Waals surface area (Å²) >= 11 is 9.73. The minimum Gasteiger partial charge on any atom is -0.493 e. The maximum Gasteiger partial charge on any atom is 0.363 e. The molecule has 31 heavy (non-hydrogen) atoms. The smallest absolute Gasteiger partial charge is 0.363 e. The number of methoxy groups -OCH3 is 1. The highest BCUT2D eigenvalue weighted by molar-refractivity contribution is 9.10. The van der Waals surface area contributed by atoms with E-state index in [0.717, 1.165) is 11.1 Å². The van der Waals surface area contributed by atoms with Crippen molar-refractivity contribution >= 4 is 45.5 Å². The minimum absolute atomic E-state index is 0.200. The molecule has 3 aromatic rings. The van der Waals surface area contributed by atoms with Gasteiger partial charge in [-0.3, -0.25) is 0 Å². The highest BCUT2D eigenvalue weighted by Gasteiger charge is 2.24. The second-order valence-electron chi connectivity index (χ2n) is 6.61. The summed E-state index contributed by atoms with van der Waals surface area (Å²) in [5, 5.41) is 0.633. The predicted molar refractivity (Wildman–Crippen MR) is 124 cm³/mol. The molecule has 0 aliphatic carbocycles. The van der Waals surface area contributed by atoms with Gasteiger partial charge in [0.15, 0.2) is 17.2 Å². The average Bonchev–Trinajstić information content (AvgIpc) is 3.15. The monoisotopic (exact) mass is 497 g/mol. The van der Waals surface area contributed by atoms with Gasteiger partial charge in [-0.2, -0.15) is 0 Å². The molecule has 5 nitrogen and oxygen atoms in total. The van der Waals surface area contributed by atoms with Gasteiger partial charge in [-0.25, -0.2) is 9.79 Å². The third-order valence-corrected chi connectivity index (χ3v) is 5.61. The number of esters is 1. The van der Waals surface area contributed by atoms with Crippen LogP contribution in [0.15, 0.2) is 81.9 Å². The highest BCUT2D eigenvalue weighted by atomic mass is 79.9. The summed E-state index contributed by atoms with van der Waals surface area (Å²) in [6.45, 7) is 0.292. The van der Waals surface area contributed by atoms with Crippen LogP contribution in [0.1, 0.15) is 16.7 Å². The Balaban J connectivity index is 1.60. The van der Waals surface area contributed by atoms with Crippen LogP contribution in [-0.2, 0) is 16.1 Å². The Morgan fingerprint density at radius 3 is 2.55 bits per heavy atom. The number of carbonyl (C=O) groups is 1. The normalized spacial score (nSPS) is 14.4. The topological polar surface area (TPSA) is 57.1 Å². The van der Waals surface area contributed by atoms with Crippen LogP contribution in [0, 0.1) is 0 Å². The average molecular weight is 499 g/mol. The SMILES string of the molecule is COc1cc(C=C2N=C(c3ccccc3)OC2=O)c(Br)cc1OCc1ccccc1Cl. The molecule has 0 saturated heterocycles. The van der Waals surface area contributed by atoms with Gasteiger partial charge >= 0.3 is 5.97 Å². The summed E-state index contributed by atoms with van der Waals surface area (Å²) in [5.74, 6) is 0.822. The van der Waals surface area contributed by atoms with E-state index in [9.17, 15) is 4.79 Å². The molecule has 0 bridgehead atoms. The van der Waals surface area contributed by atoms with Gasteiger partial charge in [-0.15, -0.1) is 0 Å². The zero-order valence-electron chi connectivity index (χ0n) is 16.5. The van der Waals surface area contributed by atoms with Gasteiger partial charge in [-0.05, 0) is 42.0 Å². The summed E-state index contributed by atoms with van der Waals surface area (Å²) in [7, 11) is 1.55. The van der Waals surface area contributed by atoms with Gasteiger partial charge in [0, 0.05) is 20.6 Å². The van der Waals surface area contributed by atoms with Gasteiger partial charge in [0.05, 0.1) is 7.11 Å². The first-order valence-electron chi connectivity index (χ1n) is 9.37. The number of carbonyl (C=O) groups excluding carboxylic acids is 1. The predicted octanol–water partition coefficient (Wildman–Crippen LogP) is 6.03. The van der Waals surface area contributed by atoms with Crippen molar-refractivity contribution in [1.29, 1.82) is 0 Å². The fourth-order valence-corrected chi connectivity index (χ4v) is 3.59. The lowest BCUT2D eigenvalue weighted by atomic mass is 10.1. The van der Waals surface area contributed by atoms with Crippen LogP contribution < -0.4 is 9.47 Å². The molecule has 0 amide bonds. The van der Waals surface area contributed by atoms with Crippen molar-refractivity contribution in [3.05, 3.63) is 98.6 Å². The molecule has 0 aromatic heterocycles. The third-order valence-electron chi connectivity index (χ3n) is 4.56. The molecule has 156 valence electrons. The Morgan fingerprint density at radius 1 is 1.06 bits per heavy atom. The minimum atomic E-state index is -0.510. The molecule has 0 spiro atoms. The summed E-state index contributed by atoms with van der Waals surface area (Å²) < 4.78 is 17.4. The van der Waals surface area contributed by atoms with Gasteiger partial charge < -0.3 is 14.2 Å². The Morgan fingerprint density at radius 2 is 1.81 bits per heavy atom. The zero-order chi connectivity index (χ0) is 21.8. The third kappa shape index (κ3) is 4.81. The van der Waals surface area contributed by atoms with E-state index < -0.39 is 5.97 Å². The fraction of sp³-hybridized carbons (Fsp3) is 0.0833. The summed E-state index contributed by atoms with van der Waals surface area (Å²) in [6, 6.07) is 20.3. The van der Waals surface area contributed by atoms with Gasteiger partial charge in [0.1, 0.15) is 6.61 Å². The molecule has 0 fully saturated rings. The molecule has 0 unspecified atom stereocenters. The second-order valence-corrected chi connectivity index (χ2v) is 7.87. The number of aliphatic imine (C=N–C) groups is 1. The van der Waals surface area contributed by atoms with Crippen molar-refractivity contribution in [3.8, 4) is 11.5 Å². The summed E-state index contributed by atoms with van der Waals surface area (Å²) in [6.07, 6.45) is 1.64. The maximum atomic E-state index is 12.3. The van der Waals surface area contributed by atoms with Crippen molar-refractivity contribution in [2.24, 2.45) is 4.99 Å². The molecule has 1 aliphatic heterocycles. The van der Waals surface area contributed by atoms with Gasteiger partial charge in [0.25, 0.3) is 0 Å². The number of ether oxygens (including phenoxy) is 3. The zero-order valence-corrected chi connectivity index (χ0v) is 18.8. The van der Waals surface area contributed by atoms with E-state index in [1.54, 1.807) is 25.3 Å². The van der Waals surface area contributed by atoms with Crippen molar-refractivity contribution in [2.75, 3.05) is 7.11 Å². The number of rotatable bonds is 6. The fourth-order valence-electron chi connectivity index (χ4n) is 2.97. The van der Waals surface area contributed by atoms with E-state index in [1.165, 1.54) is 0 Å². The standard InChI is InChI=1S/C24H17BrClNO4/c1-29-21-12-17(11-20-24(28)31-23(27-20)15-7-3-2-4-8-15)18(25)13-22(21)30-14-16-9-5-6-10-19(16)26/h2-13H,14H2,1H3. The van der Waals surface area contributed by atoms with Crippen molar-refractivity contribution in [1.82, 2.24) is 0 Å². The molecule has 4 rings (SSSR count). The Bertz CT molecular complexity index is 1190. The lowest BCUT2D eigenvalue weighted by molar-refractivity contribution is -0.129. The van der Waals surface area contributed by atoms with Crippen molar-refractivity contribution in [2.45, 2.75) is 6.61 Å². The highest BCUT2D eigenvalue weighted by Crippen LogP contribution is 2.36. The number of cyclic esters (lactones) is 1. The second kappa shape index (κ2) is 9.37. The Hall–Kier alpha value is -3.09. The largest absolute Gasteiger partial charge is 0.493 e. The van der Waals surface area contributed by atoms with E-state index in [-0.39, 0.29) is 11.6 Å². The van der Waals surface area contributed by atoms with E-state index in [2.05, 4.69) is 20.9 Å². The van der Waals surface area contributed by atoms with Crippen LogP contribution in [0.2, 0.25) is 5.02 Å². The van der Waals surface area contributed by atoms with E-state index in [0.29, 0.717) is 33.2 Å². The molecule has 0 saturated carbocycles. The lowest BCUT2D eigenvalue weighted by Gasteiger charge is -2.13. The lowest BCUT2D eigenvalue weighted by Crippen LogP contribution is -2.05. The molecule has 1 aliphatic rings. The van der Waals surface area contributed by atoms with Crippen molar-refractivity contribution < 1.29 is 19.0 Å². The maximum absolute atomic E-state index is 12.3. The summed E-state index contributed by atoms with van der Waals surface area (Å²) in [5.41, 5.74) is 2.50. The van der Waals surface area contributed by atoms with Gasteiger partial charge in [0.2, 0.25) is 5.90 Å². The molecule has 0 atom stereocenters. The molecule has 0 N–H and O–H groups in total. The first-order valence-corrected chi connectivity index (χ1v) is 10.5. The van der Waals surface area contributed by atoms with Crippen LogP contribution in [0.4, 0.5) is 0 Å². The number of hydrogen-bond acceptors (Lipinski definition) is 5. The number of hydrogen-bond donors (Lipinski definition) is 0. The number of benzene rings is 3. The van der Waals surface area contributed by atoms with Crippen LogP contribution in [0.3, 0.4) is 0 Å². The Kier molecular flexibility index (Phi) is 6.39. The van der Waals surface area contributed by atoms with Crippen LogP contribution >= 0.6 is 27.5 Å². The summed E-state index contributed by atoms with van der Waals surface area (Å²) in [4.78, 5) is 16.6. The van der Waals surface area contributed by atoms with Crippen LogP contribution in [-0.4, -0.2) is 19.0 Å². The molecule has 3 aromatic carbocycles. The van der Waals surface area contributed by atoms with Crippen LogP contribution in [0.25, 0.3) is 6.08 Å². The Labute approximate surface area is 193 Å². The molecular formula is C24H17BrClNO4.